The second-order valence-corrected chi connectivity index (χ2v) is 3.73. The molecule has 1 aromatic heterocycles. The van der Waals surface area contributed by atoms with E-state index in [0.29, 0.717) is 5.88 Å². The zero-order valence-electron chi connectivity index (χ0n) is 8.45. The summed E-state index contributed by atoms with van der Waals surface area (Å²) >= 11 is 0. The first-order chi connectivity index (χ1) is 6.88. The van der Waals surface area contributed by atoms with E-state index in [1.54, 1.807) is 7.11 Å². The molecule has 1 aromatic rings. The van der Waals surface area contributed by atoms with Gasteiger partial charge in [-0.1, -0.05) is 0 Å². The highest BCUT2D eigenvalue weighted by atomic mass is 16.5. The molecule has 1 saturated heterocycles. The van der Waals surface area contributed by atoms with Crippen molar-refractivity contribution in [3.05, 3.63) is 11.8 Å². The molecule has 14 heavy (non-hydrogen) atoms. The predicted octanol–water partition coefficient (Wildman–Crippen LogP) is 1.23. The minimum atomic E-state index is 0.578. The molecule has 0 amide bonds. The molecule has 0 bridgehead atoms. The fourth-order valence-corrected chi connectivity index (χ4v) is 1.86. The Morgan fingerprint density at radius 2 is 2.36 bits per heavy atom. The SMILES string of the molecule is COc1cc(CC2CCNCC2)on1. The number of hydrogen-bond donors (Lipinski definition) is 1. The van der Waals surface area contributed by atoms with Crippen molar-refractivity contribution in [3.63, 3.8) is 0 Å². The van der Waals surface area contributed by atoms with Crippen molar-refractivity contribution in [1.82, 2.24) is 10.5 Å². The Morgan fingerprint density at radius 3 is 3.00 bits per heavy atom. The molecule has 1 N–H and O–H groups in total. The van der Waals surface area contributed by atoms with Gasteiger partial charge in [-0.3, -0.25) is 0 Å². The molecular formula is C10H16N2O2. The molecule has 0 radical (unpaired) electrons. The second-order valence-electron chi connectivity index (χ2n) is 3.73. The van der Waals surface area contributed by atoms with Gasteiger partial charge in [-0.2, -0.15) is 0 Å². The smallest absolute Gasteiger partial charge is 0.254 e. The summed E-state index contributed by atoms with van der Waals surface area (Å²) in [5.41, 5.74) is 0. The van der Waals surface area contributed by atoms with E-state index in [2.05, 4.69) is 10.5 Å². The Labute approximate surface area is 83.6 Å². The monoisotopic (exact) mass is 196 g/mol. The number of methoxy groups -OCH3 is 1. The van der Waals surface area contributed by atoms with Crippen molar-refractivity contribution in [1.29, 1.82) is 0 Å². The van der Waals surface area contributed by atoms with E-state index in [-0.39, 0.29) is 0 Å². The average molecular weight is 196 g/mol. The van der Waals surface area contributed by atoms with E-state index in [0.717, 1.165) is 31.2 Å². The maximum atomic E-state index is 5.16. The first-order valence-corrected chi connectivity index (χ1v) is 5.09. The highest BCUT2D eigenvalue weighted by Crippen LogP contribution is 2.20. The number of aromatic nitrogens is 1. The molecule has 0 spiro atoms. The van der Waals surface area contributed by atoms with Crippen LogP contribution in [0.5, 0.6) is 5.88 Å². The van der Waals surface area contributed by atoms with Crippen molar-refractivity contribution >= 4 is 0 Å². The molecule has 0 aromatic carbocycles. The van der Waals surface area contributed by atoms with Gasteiger partial charge in [0.25, 0.3) is 5.88 Å². The third kappa shape index (κ3) is 2.26. The van der Waals surface area contributed by atoms with Crippen LogP contribution in [-0.2, 0) is 6.42 Å². The van der Waals surface area contributed by atoms with Crippen LogP contribution in [0.25, 0.3) is 0 Å². The Hall–Kier alpha value is -1.03. The highest BCUT2D eigenvalue weighted by Gasteiger charge is 2.16. The third-order valence-electron chi connectivity index (χ3n) is 2.70. The lowest BCUT2D eigenvalue weighted by molar-refractivity contribution is 0.301. The highest BCUT2D eigenvalue weighted by molar-refractivity contribution is 5.11. The molecule has 4 heteroatoms. The van der Waals surface area contributed by atoms with Crippen LogP contribution in [0.2, 0.25) is 0 Å². The minimum Gasteiger partial charge on any atom is -0.479 e. The molecule has 0 atom stereocenters. The summed E-state index contributed by atoms with van der Waals surface area (Å²) in [5.74, 6) is 2.25. The van der Waals surface area contributed by atoms with Gasteiger partial charge >= 0.3 is 0 Å². The Bertz CT molecular complexity index is 279. The molecule has 1 fully saturated rings. The van der Waals surface area contributed by atoms with Gasteiger partial charge in [-0.15, -0.1) is 0 Å². The Morgan fingerprint density at radius 1 is 1.57 bits per heavy atom. The quantitative estimate of drug-likeness (QED) is 0.789. The zero-order valence-corrected chi connectivity index (χ0v) is 8.45. The van der Waals surface area contributed by atoms with Crippen LogP contribution in [-0.4, -0.2) is 25.4 Å². The fourth-order valence-electron chi connectivity index (χ4n) is 1.86. The van der Waals surface area contributed by atoms with Gasteiger partial charge in [-0.05, 0) is 37.0 Å². The van der Waals surface area contributed by atoms with E-state index >= 15 is 0 Å². The van der Waals surface area contributed by atoms with E-state index < -0.39 is 0 Å². The van der Waals surface area contributed by atoms with Crippen LogP contribution >= 0.6 is 0 Å². The van der Waals surface area contributed by atoms with Gasteiger partial charge in [0.1, 0.15) is 5.76 Å². The molecule has 0 saturated carbocycles. The maximum absolute atomic E-state index is 5.16. The first kappa shape index (κ1) is 9.52. The van der Waals surface area contributed by atoms with Crippen molar-refractivity contribution in [2.45, 2.75) is 19.3 Å². The number of nitrogens with one attached hydrogen (secondary N) is 1. The molecule has 2 rings (SSSR count). The normalized spacial score (nSPS) is 18.4. The van der Waals surface area contributed by atoms with Gasteiger partial charge in [-0.25, -0.2) is 0 Å². The summed E-state index contributed by atoms with van der Waals surface area (Å²) in [6.45, 7) is 2.24. The average Bonchev–Trinajstić information content (AvgIpc) is 2.67. The fraction of sp³-hybridized carbons (Fsp3) is 0.700. The van der Waals surface area contributed by atoms with Crippen molar-refractivity contribution in [2.75, 3.05) is 20.2 Å². The van der Waals surface area contributed by atoms with E-state index in [1.807, 2.05) is 6.07 Å². The van der Waals surface area contributed by atoms with E-state index in [9.17, 15) is 0 Å². The van der Waals surface area contributed by atoms with Crippen LogP contribution in [0.15, 0.2) is 10.6 Å². The van der Waals surface area contributed by atoms with E-state index in [1.165, 1.54) is 12.8 Å². The number of rotatable bonds is 3. The molecule has 1 aliphatic heterocycles. The molecule has 78 valence electrons. The van der Waals surface area contributed by atoms with Crippen LogP contribution in [0.4, 0.5) is 0 Å². The number of hydrogen-bond acceptors (Lipinski definition) is 4. The largest absolute Gasteiger partial charge is 0.479 e. The Kier molecular flexibility index (Phi) is 3.03. The standard InChI is InChI=1S/C10H16N2O2/c1-13-10-7-9(14-12-10)6-8-2-4-11-5-3-8/h7-8,11H,2-6H2,1H3. The van der Waals surface area contributed by atoms with Gasteiger partial charge in [0.2, 0.25) is 0 Å². The maximum Gasteiger partial charge on any atom is 0.254 e. The summed E-state index contributed by atoms with van der Waals surface area (Å²) in [4.78, 5) is 0. The topological polar surface area (TPSA) is 47.3 Å². The van der Waals surface area contributed by atoms with Crippen LogP contribution in [0.1, 0.15) is 18.6 Å². The lowest BCUT2D eigenvalue weighted by Gasteiger charge is -2.20. The van der Waals surface area contributed by atoms with Crippen molar-refractivity contribution in [2.24, 2.45) is 5.92 Å². The van der Waals surface area contributed by atoms with Gasteiger partial charge < -0.3 is 14.6 Å². The summed E-state index contributed by atoms with van der Waals surface area (Å²) in [5, 5.41) is 7.13. The lowest BCUT2D eigenvalue weighted by atomic mass is 9.94. The number of piperidine rings is 1. The molecule has 1 aliphatic rings. The zero-order chi connectivity index (χ0) is 9.80. The third-order valence-corrected chi connectivity index (χ3v) is 2.70. The molecule has 0 aliphatic carbocycles. The second kappa shape index (κ2) is 4.46. The summed E-state index contributed by atoms with van der Waals surface area (Å²) in [6, 6.07) is 1.88. The van der Waals surface area contributed by atoms with Crippen LogP contribution < -0.4 is 10.1 Å². The Balaban J connectivity index is 1.89. The van der Waals surface area contributed by atoms with Gasteiger partial charge in [0.05, 0.1) is 7.11 Å². The predicted molar refractivity (Wildman–Crippen MR) is 52.4 cm³/mol. The van der Waals surface area contributed by atoms with Crippen LogP contribution in [0.3, 0.4) is 0 Å². The summed E-state index contributed by atoms with van der Waals surface area (Å²) in [6.07, 6.45) is 3.43. The van der Waals surface area contributed by atoms with Crippen LogP contribution in [0, 0.1) is 5.92 Å². The van der Waals surface area contributed by atoms with Gasteiger partial charge in [0.15, 0.2) is 0 Å². The first-order valence-electron chi connectivity index (χ1n) is 5.09. The lowest BCUT2D eigenvalue weighted by Crippen LogP contribution is -2.28. The van der Waals surface area contributed by atoms with Gasteiger partial charge in [0, 0.05) is 12.5 Å². The van der Waals surface area contributed by atoms with Crippen molar-refractivity contribution in [3.8, 4) is 5.88 Å². The summed E-state index contributed by atoms with van der Waals surface area (Å²) < 4.78 is 10.1. The van der Waals surface area contributed by atoms with E-state index in [4.69, 9.17) is 9.26 Å². The molecule has 0 unspecified atom stereocenters. The number of ether oxygens (including phenoxy) is 1. The summed E-state index contributed by atoms with van der Waals surface area (Å²) in [7, 11) is 1.60. The number of nitrogens with zero attached hydrogens (tertiary/aromatic N) is 1. The molecule has 4 nitrogen and oxygen atoms in total. The van der Waals surface area contributed by atoms with Crippen molar-refractivity contribution < 1.29 is 9.26 Å². The minimum absolute atomic E-state index is 0.578. The molecule has 2 heterocycles. The molecular weight excluding hydrogens is 180 g/mol.